The van der Waals surface area contributed by atoms with Crippen LogP contribution in [0.5, 0.6) is 0 Å². The summed E-state index contributed by atoms with van der Waals surface area (Å²) in [5, 5.41) is 8.87. The van der Waals surface area contributed by atoms with E-state index in [1.54, 1.807) is 25.2 Å². The molecule has 0 heterocycles. The van der Waals surface area contributed by atoms with Gasteiger partial charge in [0.1, 0.15) is 5.82 Å². The topological polar surface area (TPSA) is 109 Å². The number of benzene rings is 2. The lowest BCUT2D eigenvalue weighted by molar-refractivity contribution is -0.117. The zero-order chi connectivity index (χ0) is 21.2. The highest BCUT2D eigenvalue weighted by Crippen LogP contribution is 2.10. The van der Waals surface area contributed by atoms with Crippen molar-refractivity contribution < 1.29 is 14.0 Å². The van der Waals surface area contributed by atoms with Gasteiger partial charge < -0.3 is 21.7 Å². The highest BCUT2D eigenvalue weighted by Gasteiger charge is 2.07. The molecule has 0 aliphatic rings. The Hall–Kier alpha value is -3.42. The van der Waals surface area contributed by atoms with Crippen LogP contribution in [0.2, 0.25) is 0 Å². The molecule has 0 unspecified atom stereocenters. The molecule has 154 valence electrons. The molecule has 2 amide bonds. The van der Waals surface area contributed by atoms with E-state index in [-0.39, 0.29) is 18.3 Å². The van der Waals surface area contributed by atoms with Crippen LogP contribution in [0.25, 0.3) is 0 Å². The molecule has 29 heavy (non-hydrogen) atoms. The Kier molecular flexibility index (Phi) is 8.14. The van der Waals surface area contributed by atoms with E-state index in [4.69, 9.17) is 5.73 Å². The second-order valence-corrected chi connectivity index (χ2v) is 6.52. The molecule has 2 aromatic rings. The molecule has 2 aromatic carbocycles. The molecule has 0 aliphatic heterocycles. The number of carbonyl (C=O) groups excluding carboxylic acids is 2. The minimum Gasteiger partial charge on any atom is -0.368 e. The first kappa shape index (κ1) is 21.9. The van der Waals surface area contributed by atoms with Crippen LogP contribution in [0.1, 0.15) is 27.0 Å². The first-order valence-electron chi connectivity index (χ1n) is 9.24. The van der Waals surface area contributed by atoms with Gasteiger partial charge in [-0.2, -0.15) is 0 Å². The number of amides is 2. The van der Waals surface area contributed by atoms with E-state index < -0.39 is 5.91 Å². The van der Waals surface area contributed by atoms with Gasteiger partial charge in [0.2, 0.25) is 5.91 Å². The van der Waals surface area contributed by atoms with Crippen LogP contribution in [-0.4, -0.2) is 37.9 Å². The van der Waals surface area contributed by atoms with Gasteiger partial charge in [-0.25, -0.2) is 4.39 Å². The molecule has 5 N–H and O–H groups in total. The lowest BCUT2D eigenvalue weighted by Crippen LogP contribution is -2.38. The molecule has 0 atom stereocenters. The van der Waals surface area contributed by atoms with Crippen molar-refractivity contribution in [2.45, 2.75) is 19.9 Å². The number of hydrogen-bond donors (Lipinski definition) is 4. The van der Waals surface area contributed by atoms with Crippen molar-refractivity contribution in [2.24, 2.45) is 10.7 Å². The van der Waals surface area contributed by atoms with Gasteiger partial charge in [0.05, 0.1) is 6.54 Å². The number of nitrogens with zero attached hydrogens (tertiary/aromatic N) is 1. The van der Waals surface area contributed by atoms with Crippen LogP contribution in [0.15, 0.2) is 47.5 Å². The summed E-state index contributed by atoms with van der Waals surface area (Å²) < 4.78 is 13.2. The number of aryl methyl sites for hydroxylation is 1. The molecule has 0 saturated heterocycles. The number of aliphatic imine (C=N–C) groups is 1. The van der Waals surface area contributed by atoms with Gasteiger partial charge in [0.25, 0.3) is 5.91 Å². The molecule has 7 nitrogen and oxygen atoms in total. The zero-order valence-corrected chi connectivity index (χ0v) is 16.6. The molecular formula is C21H26FN5O2. The van der Waals surface area contributed by atoms with E-state index in [1.165, 1.54) is 12.1 Å². The number of hydrogen-bond acceptors (Lipinski definition) is 3. The molecule has 8 heteroatoms. The standard InChI is InChI=1S/C21H26FN5O2/c1-14-11-18(22)8-7-16(14)9-10-25-21(24-2)27-12-15-3-5-17(6-4-15)20(29)26-13-19(23)28/h3-8,11H,9-10,12-13H2,1-2H3,(H2,23,28)(H,26,29)(H2,24,25,27). The molecule has 0 aliphatic carbocycles. The summed E-state index contributed by atoms with van der Waals surface area (Å²) in [6, 6.07) is 11.8. The Bertz CT molecular complexity index is 881. The first-order chi connectivity index (χ1) is 13.9. The predicted octanol–water partition coefficient (Wildman–Crippen LogP) is 1.26. The summed E-state index contributed by atoms with van der Waals surface area (Å²) in [6.45, 7) is 2.88. The molecule has 0 bridgehead atoms. The lowest BCUT2D eigenvalue weighted by atomic mass is 10.1. The SMILES string of the molecule is CN=C(NCCc1ccc(F)cc1C)NCc1ccc(C(=O)NCC(N)=O)cc1. The number of nitrogens with two attached hydrogens (primary N) is 1. The molecule has 0 fully saturated rings. The zero-order valence-electron chi connectivity index (χ0n) is 16.6. The van der Waals surface area contributed by atoms with Crippen molar-refractivity contribution in [2.75, 3.05) is 20.1 Å². The van der Waals surface area contributed by atoms with Crippen molar-refractivity contribution in [3.63, 3.8) is 0 Å². The second kappa shape index (κ2) is 10.8. The third kappa shape index (κ3) is 7.25. The number of guanidine groups is 1. The maximum absolute atomic E-state index is 13.2. The summed E-state index contributed by atoms with van der Waals surface area (Å²) >= 11 is 0. The largest absolute Gasteiger partial charge is 0.368 e. The minimum absolute atomic E-state index is 0.193. The van der Waals surface area contributed by atoms with E-state index in [2.05, 4.69) is 20.9 Å². The Labute approximate surface area is 169 Å². The van der Waals surface area contributed by atoms with Gasteiger partial charge in [-0.1, -0.05) is 18.2 Å². The van der Waals surface area contributed by atoms with Crippen molar-refractivity contribution in [1.29, 1.82) is 0 Å². The molecule has 2 rings (SSSR count). The quantitative estimate of drug-likeness (QED) is 0.396. The minimum atomic E-state index is -0.590. The monoisotopic (exact) mass is 399 g/mol. The fraction of sp³-hybridized carbons (Fsp3) is 0.286. The maximum atomic E-state index is 13.2. The Morgan fingerprint density at radius 2 is 1.79 bits per heavy atom. The Morgan fingerprint density at radius 3 is 2.41 bits per heavy atom. The first-order valence-corrected chi connectivity index (χ1v) is 9.24. The average molecular weight is 399 g/mol. The van der Waals surface area contributed by atoms with Crippen molar-refractivity contribution >= 4 is 17.8 Å². The van der Waals surface area contributed by atoms with Gasteiger partial charge >= 0.3 is 0 Å². The smallest absolute Gasteiger partial charge is 0.251 e. The predicted molar refractivity (Wildman–Crippen MR) is 111 cm³/mol. The van der Waals surface area contributed by atoms with E-state index >= 15 is 0 Å². The fourth-order valence-electron chi connectivity index (χ4n) is 2.71. The summed E-state index contributed by atoms with van der Waals surface area (Å²) in [5.41, 5.74) is 8.44. The maximum Gasteiger partial charge on any atom is 0.251 e. The van der Waals surface area contributed by atoms with Crippen LogP contribution in [0.4, 0.5) is 4.39 Å². The van der Waals surface area contributed by atoms with Crippen LogP contribution in [-0.2, 0) is 17.8 Å². The van der Waals surface area contributed by atoms with Crippen molar-refractivity contribution in [3.05, 3.63) is 70.5 Å². The van der Waals surface area contributed by atoms with Crippen molar-refractivity contribution in [1.82, 2.24) is 16.0 Å². The van der Waals surface area contributed by atoms with Gasteiger partial charge in [-0.3, -0.25) is 14.6 Å². The van der Waals surface area contributed by atoms with Crippen LogP contribution >= 0.6 is 0 Å². The van der Waals surface area contributed by atoms with Gasteiger partial charge in [0.15, 0.2) is 5.96 Å². The van der Waals surface area contributed by atoms with E-state index in [0.717, 1.165) is 23.1 Å². The highest BCUT2D eigenvalue weighted by molar-refractivity contribution is 5.96. The van der Waals surface area contributed by atoms with E-state index in [0.29, 0.717) is 24.6 Å². The van der Waals surface area contributed by atoms with E-state index in [1.807, 2.05) is 19.1 Å². The molecule has 0 spiro atoms. The van der Waals surface area contributed by atoms with Crippen molar-refractivity contribution in [3.8, 4) is 0 Å². The number of carbonyl (C=O) groups is 2. The molecule has 0 saturated carbocycles. The van der Waals surface area contributed by atoms with Crippen LogP contribution in [0.3, 0.4) is 0 Å². The Balaban J connectivity index is 1.79. The van der Waals surface area contributed by atoms with Gasteiger partial charge in [-0.15, -0.1) is 0 Å². The van der Waals surface area contributed by atoms with Crippen LogP contribution < -0.4 is 21.7 Å². The van der Waals surface area contributed by atoms with E-state index in [9.17, 15) is 14.0 Å². The number of rotatable bonds is 8. The Morgan fingerprint density at radius 1 is 1.07 bits per heavy atom. The third-order valence-electron chi connectivity index (χ3n) is 4.31. The lowest BCUT2D eigenvalue weighted by Gasteiger charge is -2.13. The fourth-order valence-corrected chi connectivity index (χ4v) is 2.71. The van der Waals surface area contributed by atoms with Gasteiger partial charge in [0, 0.05) is 25.7 Å². The summed E-state index contributed by atoms with van der Waals surface area (Å²) in [4.78, 5) is 26.8. The second-order valence-electron chi connectivity index (χ2n) is 6.52. The molecular weight excluding hydrogens is 373 g/mol. The number of primary amides is 1. The highest BCUT2D eigenvalue weighted by atomic mass is 19.1. The molecule has 0 aromatic heterocycles. The van der Waals surface area contributed by atoms with Gasteiger partial charge in [-0.05, 0) is 54.3 Å². The number of nitrogens with one attached hydrogen (secondary N) is 3. The summed E-state index contributed by atoms with van der Waals surface area (Å²) in [6.07, 6.45) is 0.752. The summed E-state index contributed by atoms with van der Waals surface area (Å²) in [5.74, 6) is -0.523. The summed E-state index contributed by atoms with van der Waals surface area (Å²) in [7, 11) is 1.69. The third-order valence-corrected chi connectivity index (χ3v) is 4.31. The molecule has 0 radical (unpaired) electrons. The normalized spacial score (nSPS) is 11.1. The number of halogens is 1. The average Bonchev–Trinajstić information content (AvgIpc) is 2.70. The van der Waals surface area contributed by atoms with Crippen LogP contribution in [0, 0.1) is 12.7 Å².